The lowest BCUT2D eigenvalue weighted by Crippen LogP contribution is -2.18. The topological polar surface area (TPSA) is 52.6 Å². The zero-order valence-corrected chi connectivity index (χ0v) is 19.2. The summed E-state index contributed by atoms with van der Waals surface area (Å²) in [6.45, 7) is 6.56. The Hall–Kier alpha value is -1.50. The van der Waals surface area contributed by atoms with Gasteiger partial charge in [0.2, 0.25) is 0 Å². The summed E-state index contributed by atoms with van der Waals surface area (Å²) in [7, 11) is 0. The molecule has 0 bridgehead atoms. The van der Waals surface area contributed by atoms with E-state index in [-0.39, 0.29) is 37.5 Å². The van der Waals surface area contributed by atoms with E-state index < -0.39 is 0 Å². The Morgan fingerprint density at radius 2 is 1.28 bits per heavy atom. The lowest BCUT2D eigenvalue weighted by Gasteiger charge is -2.16. The van der Waals surface area contributed by atoms with Crippen LogP contribution in [0.5, 0.6) is 0 Å². The molecule has 0 aliphatic carbocycles. The SMILES string of the molecule is CCCCCCCCCCC#CCOC(=O)CCCC(=O)OC(CCC)CCC. The van der Waals surface area contributed by atoms with Crippen LogP contribution >= 0.6 is 0 Å². The van der Waals surface area contributed by atoms with E-state index in [1.165, 1.54) is 44.9 Å². The van der Waals surface area contributed by atoms with Gasteiger partial charge in [-0.2, -0.15) is 0 Å². The van der Waals surface area contributed by atoms with Crippen molar-refractivity contribution in [3.8, 4) is 11.8 Å². The molecule has 0 aromatic carbocycles. The molecule has 0 saturated carbocycles. The molecule has 0 aliphatic rings. The Labute approximate surface area is 179 Å². The summed E-state index contributed by atoms with van der Waals surface area (Å²) in [5, 5.41) is 0. The number of carbonyl (C=O) groups excluding carboxylic acids is 2. The first-order valence-electron chi connectivity index (χ1n) is 11.9. The van der Waals surface area contributed by atoms with Crippen LogP contribution in [0.3, 0.4) is 0 Å². The number of hydrogen-bond donors (Lipinski definition) is 0. The van der Waals surface area contributed by atoms with E-state index in [4.69, 9.17) is 9.47 Å². The van der Waals surface area contributed by atoms with Crippen LogP contribution in [0.4, 0.5) is 0 Å². The molecule has 0 fully saturated rings. The molecule has 0 atom stereocenters. The molecule has 0 saturated heterocycles. The minimum absolute atomic E-state index is 0.0146. The lowest BCUT2D eigenvalue weighted by atomic mass is 10.1. The van der Waals surface area contributed by atoms with Gasteiger partial charge >= 0.3 is 11.9 Å². The average Bonchev–Trinajstić information content (AvgIpc) is 2.69. The maximum absolute atomic E-state index is 11.9. The van der Waals surface area contributed by atoms with Gasteiger partial charge in [0.15, 0.2) is 6.61 Å². The summed E-state index contributed by atoms with van der Waals surface area (Å²) >= 11 is 0. The molecule has 168 valence electrons. The lowest BCUT2D eigenvalue weighted by molar-refractivity contribution is -0.150. The maximum atomic E-state index is 11.9. The molecule has 0 aromatic heterocycles. The van der Waals surface area contributed by atoms with Gasteiger partial charge in [-0.15, -0.1) is 0 Å². The number of hydrogen-bond acceptors (Lipinski definition) is 4. The van der Waals surface area contributed by atoms with Crippen molar-refractivity contribution in [2.75, 3.05) is 6.61 Å². The number of ether oxygens (including phenoxy) is 2. The van der Waals surface area contributed by atoms with Crippen molar-refractivity contribution in [3.63, 3.8) is 0 Å². The highest BCUT2D eigenvalue weighted by Crippen LogP contribution is 2.12. The first-order chi connectivity index (χ1) is 14.1. The van der Waals surface area contributed by atoms with Crippen molar-refractivity contribution in [1.82, 2.24) is 0 Å². The van der Waals surface area contributed by atoms with Gasteiger partial charge in [0, 0.05) is 19.3 Å². The Bertz CT molecular complexity index is 455. The summed E-state index contributed by atoms with van der Waals surface area (Å²) in [4.78, 5) is 23.6. The summed E-state index contributed by atoms with van der Waals surface area (Å²) in [6, 6.07) is 0. The smallest absolute Gasteiger partial charge is 0.306 e. The van der Waals surface area contributed by atoms with Crippen LogP contribution in [0.15, 0.2) is 0 Å². The molecule has 4 nitrogen and oxygen atoms in total. The van der Waals surface area contributed by atoms with Gasteiger partial charge in [0.05, 0.1) is 0 Å². The summed E-state index contributed by atoms with van der Waals surface area (Å²) in [6.07, 6.45) is 16.0. The van der Waals surface area contributed by atoms with Gasteiger partial charge in [0.1, 0.15) is 6.10 Å². The minimum Gasteiger partial charge on any atom is -0.462 e. The molecule has 0 rings (SSSR count). The second-order valence-electron chi connectivity index (χ2n) is 7.78. The van der Waals surface area contributed by atoms with Crippen molar-refractivity contribution in [3.05, 3.63) is 0 Å². The van der Waals surface area contributed by atoms with E-state index >= 15 is 0 Å². The van der Waals surface area contributed by atoms with E-state index in [1.54, 1.807) is 0 Å². The Morgan fingerprint density at radius 3 is 1.90 bits per heavy atom. The van der Waals surface area contributed by atoms with Crippen LogP contribution in [-0.2, 0) is 19.1 Å². The molecule has 0 aliphatic heterocycles. The highest BCUT2D eigenvalue weighted by Gasteiger charge is 2.13. The fraction of sp³-hybridized carbons (Fsp3) is 0.840. The molecule has 4 heteroatoms. The number of carbonyl (C=O) groups is 2. The minimum atomic E-state index is -0.294. The zero-order valence-electron chi connectivity index (χ0n) is 19.2. The first kappa shape index (κ1) is 27.5. The molecular formula is C25H44O4. The van der Waals surface area contributed by atoms with Gasteiger partial charge in [-0.25, -0.2) is 0 Å². The molecule has 0 spiro atoms. The van der Waals surface area contributed by atoms with Gasteiger partial charge in [-0.3, -0.25) is 9.59 Å². The van der Waals surface area contributed by atoms with Crippen LogP contribution < -0.4 is 0 Å². The van der Waals surface area contributed by atoms with Gasteiger partial charge in [-0.1, -0.05) is 90.4 Å². The predicted octanol–water partition coefficient (Wildman–Crippen LogP) is 6.75. The van der Waals surface area contributed by atoms with Crippen LogP contribution in [0, 0.1) is 11.8 Å². The highest BCUT2D eigenvalue weighted by atomic mass is 16.5. The largest absolute Gasteiger partial charge is 0.462 e. The second-order valence-corrected chi connectivity index (χ2v) is 7.78. The molecule has 0 radical (unpaired) electrons. The third-order valence-electron chi connectivity index (χ3n) is 4.87. The Balaban J connectivity index is 3.61. The summed E-state index contributed by atoms with van der Waals surface area (Å²) in [5.74, 6) is 5.47. The number of unbranched alkanes of at least 4 members (excludes halogenated alkanes) is 8. The normalized spacial score (nSPS) is 10.5. The van der Waals surface area contributed by atoms with Crippen LogP contribution in [0.25, 0.3) is 0 Å². The van der Waals surface area contributed by atoms with Crippen molar-refractivity contribution in [2.24, 2.45) is 0 Å². The average molecular weight is 409 g/mol. The Morgan fingerprint density at radius 1 is 0.690 bits per heavy atom. The van der Waals surface area contributed by atoms with Gasteiger partial charge in [0.25, 0.3) is 0 Å². The van der Waals surface area contributed by atoms with Crippen LogP contribution in [0.2, 0.25) is 0 Å². The summed E-state index contributed by atoms with van der Waals surface area (Å²) < 4.78 is 10.6. The van der Waals surface area contributed by atoms with E-state index in [0.717, 1.165) is 38.5 Å². The van der Waals surface area contributed by atoms with Gasteiger partial charge < -0.3 is 9.47 Å². The zero-order chi connectivity index (χ0) is 21.6. The standard InChI is InChI=1S/C25H44O4/c1-4-7-8-9-10-11-12-13-14-15-16-22-28-24(26)20-17-21-25(27)29-23(18-5-2)19-6-3/h23H,4-14,17-22H2,1-3H3. The third-order valence-corrected chi connectivity index (χ3v) is 4.87. The van der Waals surface area contributed by atoms with E-state index in [2.05, 4.69) is 32.6 Å². The van der Waals surface area contributed by atoms with Crippen molar-refractivity contribution >= 4 is 11.9 Å². The maximum Gasteiger partial charge on any atom is 0.306 e. The first-order valence-corrected chi connectivity index (χ1v) is 11.9. The third kappa shape index (κ3) is 19.6. The van der Waals surface area contributed by atoms with Crippen molar-refractivity contribution in [2.45, 2.75) is 130 Å². The van der Waals surface area contributed by atoms with Crippen LogP contribution in [-0.4, -0.2) is 24.6 Å². The van der Waals surface area contributed by atoms with Crippen LogP contribution in [0.1, 0.15) is 124 Å². The molecule has 0 heterocycles. The Kier molecular flexibility index (Phi) is 20.1. The second kappa shape index (κ2) is 21.2. The molecular weight excluding hydrogens is 364 g/mol. The van der Waals surface area contributed by atoms with E-state index in [9.17, 15) is 9.59 Å². The number of esters is 2. The van der Waals surface area contributed by atoms with Crippen molar-refractivity contribution in [1.29, 1.82) is 0 Å². The summed E-state index contributed by atoms with van der Waals surface area (Å²) in [5.41, 5.74) is 0. The van der Waals surface area contributed by atoms with E-state index in [0.29, 0.717) is 6.42 Å². The van der Waals surface area contributed by atoms with E-state index in [1.807, 2.05) is 0 Å². The fourth-order valence-electron chi connectivity index (χ4n) is 3.20. The molecule has 29 heavy (non-hydrogen) atoms. The predicted molar refractivity (Wildman–Crippen MR) is 120 cm³/mol. The van der Waals surface area contributed by atoms with Gasteiger partial charge in [-0.05, 0) is 25.7 Å². The molecule has 0 amide bonds. The number of rotatable bonds is 18. The van der Waals surface area contributed by atoms with Crippen molar-refractivity contribution < 1.29 is 19.1 Å². The molecule has 0 aromatic rings. The quantitative estimate of drug-likeness (QED) is 0.143. The fourth-order valence-corrected chi connectivity index (χ4v) is 3.20. The molecule has 0 N–H and O–H groups in total. The molecule has 0 unspecified atom stereocenters. The highest BCUT2D eigenvalue weighted by molar-refractivity contribution is 5.72. The monoisotopic (exact) mass is 408 g/mol.